The van der Waals surface area contributed by atoms with Crippen molar-refractivity contribution < 1.29 is 14.3 Å². The molecule has 0 aromatic rings. The van der Waals surface area contributed by atoms with E-state index < -0.39 is 0 Å². The van der Waals surface area contributed by atoms with Gasteiger partial charge in [0.2, 0.25) is 11.8 Å². The average molecular weight is 299 g/mol. The third kappa shape index (κ3) is 6.91. The maximum absolute atomic E-state index is 11.9. The van der Waals surface area contributed by atoms with Gasteiger partial charge in [-0.15, -0.1) is 0 Å². The summed E-state index contributed by atoms with van der Waals surface area (Å²) in [6.07, 6.45) is 2.62. The summed E-state index contributed by atoms with van der Waals surface area (Å²) in [4.78, 5) is 25.9. The summed E-state index contributed by atoms with van der Waals surface area (Å²) in [7, 11) is 1.62. The molecule has 1 aliphatic rings. The van der Waals surface area contributed by atoms with Crippen LogP contribution in [0.15, 0.2) is 0 Å². The molecule has 0 aliphatic carbocycles. The van der Waals surface area contributed by atoms with E-state index in [2.05, 4.69) is 15.5 Å². The molecule has 2 N–H and O–H groups in total. The summed E-state index contributed by atoms with van der Waals surface area (Å²) in [6, 6.07) is 0.0276. The lowest BCUT2D eigenvalue weighted by atomic mass is 9.96. The smallest absolute Gasteiger partial charge is 0.234 e. The first-order chi connectivity index (χ1) is 10.1. The quantitative estimate of drug-likeness (QED) is 0.679. The molecule has 0 bridgehead atoms. The van der Waals surface area contributed by atoms with Crippen LogP contribution in [0.1, 0.15) is 33.1 Å². The average Bonchev–Trinajstić information content (AvgIpc) is 2.45. The van der Waals surface area contributed by atoms with Crippen LogP contribution < -0.4 is 10.6 Å². The zero-order valence-corrected chi connectivity index (χ0v) is 13.5. The van der Waals surface area contributed by atoms with Crippen LogP contribution >= 0.6 is 0 Å². The molecule has 122 valence electrons. The first kappa shape index (κ1) is 17.9. The number of nitrogens with zero attached hydrogens (tertiary/aromatic N) is 1. The zero-order valence-electron chi connectivity index (χ0n) is 13.5. The Hall–Kier alpha value is -1.14. The number of methoxy groups -OCH3 is 1. The minimum atomic E-state index is 0.0217. The standard InChI is InChI=1S/C15H29N3O3/c1-4-7-16-15(20)13-5-8-18(9-6-13)10-14(19)17-12(2)11-21-3/h12-13H,4-11H2,1-3H3,(H,16,20)(H,17,19). The number of piperidine rings is 1. The minimum absolute atomic E-state index is 0.0217. The number of likely N-dealkylation sites (tertiary alicyclic amines) is 1. The Bertz CT molecular complexity index is 328. The highest BCUT2D eigenvalue weighted by atomic mass is 16.5. The van der Waals surface area contributed by atoms with Gasteiger partial charge in [-0.05, 0) is 39.3 Å². The number of rotatable bonds is 8. The summed E-state index contributed by atoms with van der Waals surface area (Å²) in [5.41, 5.74) is 0. The molecule has 1 fully saturated rings. The summed E-state index contributed by atoms with van der Waals surface area (Å²) in [5, 5.41) is 5.85. The fraction of sp³-hybridized carbons (Fsp3) is 0.867. The molecule has 6 nitrogen and oxygen atoms in total. The normalized spacial score (nSPS) is 18.2. The highest BCUT2D eigenvalue weighted by molar-refractivity contribution is 5.79. The number of amides is 2. The lowest BCUT2D eigenvalue weighted by Crippen LogP contribution is -2.46. The molecule has 21 heavy (non-hydrogen) atoms. The van der Waals surface area contributed by atoms with Crippen LogP contribution in [0.3, 0.4) is 0 Å². The summed E-state index contributed by atoms with van der Waals surface area (Å²) in [6.45, 7) is 7.24. The summed E-state index contributed by atoms with van der Waals surface area (Å²) in [5.74, 6) is 0.284. The second-order valence-electron chi connectivity index (χ2n) is 5.77. The van der Waals surface area contributed by atoms with Gasteiger partial charge >= 0.3 is 0 Å². The highest BCUT2D eigenvalue weighted by Crippen LogP contribution is 2.16. The maximum atomic E-state index is 11.9. The Kier molecular flexibility index (Phi) is 8.30. The first-order valence-corrected chi connectivity index (χ1v) is 7.85. The van der Waals surface area contributed by atoms with Crippen LogP contribution in [0.2, 0.25) is 0 Å². The van der Waals surface area contributed by atoms with Gasteiger partial charge < -0.3 is 15.4 Å². The van der Waals surface area contributed by atoms with Gasteiger partial charge in [-0.1, -0.05) is 6.92 Å². The Morgan fingerprint density at radius 2 is 2.00 bits per heavy atom. The van der Waals surface area contributed by atoms with Crippen LogP contribution in [0, 0.1) is 5.92 Å². The van der Waals surface area contributed by atoms with Gasteiger partial charge in [0, 0.05) is 25.6 Å². The molecule has 1 atom stereocenters. The molecule has 1 unspecified atom stereocenters. The second-order valence-corrected chi connectivity index (χ2v) is 5.77. The van der Waals surface area contributed by atoms with Crippen LogP contribution in [0.5, 0.6) is 0 Å². The van der Waals surface area contributed by atoms with E-state index in [0.29, 0.717) is 13.2 Å². The molecule has 1 heterocycles. The topological polar surface area (TPSA) is 70.7 Å². The SMILES string of the molecule is CCCNC(=O)C1CCN(CC(=O)NC(C)COC)CC1. The third-order valence-electron chi connectivity index (χ3n) is 3.70. The molecule has 0 saturated carbocycles. The molecular weight excluding hydrogens is 270 g/mol. The van der Waals surface area contributed by atoms with Crippen molar-refractivity contribution in [3.05, 3.63) is 0 Å². The van der Waals surface area contributed by atoms with Crippen molar-refractivity contribution in [1.82, 2.24) is 15.5 Å². The van der Waals surface area contributed by atoms with E-state index in [0.717, 1.165) is 38.9 Å². The molecule has 1 aliphatic heterocycles. The maximum Gasteiger partial charge on any atom is 0.234 e. The van der Waals surface area contributed by atoms with Crippen molar-refractivity contribution in [2.45, 2.75) is 39.2 Å². The molecule has 0 radical (unpaired) electrons. The summed E-state index contributed by atoms with van der Waals surface area (Å²) >= 11 is 0. The van der Waals surface area contributed by atoms with Gasteiger partial charge in [0.1, 0.15) is 0 Å². The number of ether oxygens (including phenoxy) is 1. The van der Waals surface area contributed by atoms with Crippen molar-refractivity contribution >= 4 is 11.8 Å². The van der Waals surface area contributed by atoms with E-state index in [-0.39, 0.29) is 23.8 Å². The van der Waals surface area contributed by atoms with Gasteiger partial charge in [-0.3, -0.25) is 14.5 Å². The van der Waals surface area contributed by atoms with Crippen LogP contribution in [0.4, 0.5) is 0 Å². The van der Waals surface area contributed by atoms with Crippen molar-refractivity contribution in [2.75, 3.05) is 39.9 Å². The van der Waals surface area contributed by atoms with Crippen LogP contribution in [-0.2, 0) is 14.3 Å². The minimum Gasteiger partial charge on any atom is -0.383 e. The van der Waals surface area contributed by atoms with Crippen LogP contribution in [-0.4, -0.2) is 62.7 Å². The largest absolute Gasteiger partial charge is 0.383 e. The fourth-order valence-electron chi connectivity index (χ4n) is 2.56. The number of hydrogen-bond donors (Lipinski definition) is 2. The number of hydrogen-bond acceptors (Lipinski definition) is 4. The van der Waals surface area contributed by atoms with Crippen molar-refractivity contribution in [3.63, 3.8) is 0 Å². The molecule has 6 heteroatoms. The zero-order chi connectivity index (χ0) is 15.7. The third-order valence-corrected chi connectivity index (χ3v) is 3.70. The van der Waals surface area contributed by atoms with Crippen molar-refractivity contribution in [2.24, 2.45) is 5.92 Å². The molecule has 1 rings (SSSR count). The Labute approximate surface area is 127 Å². The molecule has 2 amide bonds. The van der Waals surface area contributed by atoms with Gasteiger partial charge in [0.25, 0.3) is 0 Å². The Morgan fingerprint density at radius 1 is 1.33 bits per heavy atom. The molecular formula is C15H29N3O3. The predicted molar refractivity (Wildman–Crippen MR) is 81.9 cm³/mol. The van der Waals surface area contributed by atoms with E-state index in [1.807, 2.05) is 13.8 Å². The fourth-order valence-corrected chi connectivity index (χ4v) is 2.56. The Balaban J connectivity index is 2.23. The van der Waals surface area contributed by atoms with E-state index in [9.17, 15) is 9.59 Å². The van der Waals surface area contributed by atoms with Gasteiger partial charge in [0.05, 0.1) is 13.2 Å². The van der Waals surface area contributed by atoms with E-state index >= 15 is 0 Å². The van der Waals surface area contributed by atoms with E-state index in [1.165, 1.54) is 0 Å². The number of carbonyl (C=O) groups excluding carboxylic acids is 2. The monoisotopic (exact) mass is 299 g/mol. The lowest BCUT2D eigenvalue weighted by Gasteiger charge is -2.31. The lowest BCUT2D eigenvalue weighted by molar-refractivity contribution is -0.127. The molecule has 0 aromatic heterocycles. The van der Waals surface area contributed by atoms with E-state index in [1.54, 1.807) is 7.11 Å². The molecule has 0 aromatic carbocycles. The highest BCUT2D eigenvalue weighted by Gasteiger charge is 2.25. The summed E-state index contributed by atoms with van der Waals surface area (Å²) < 4.78 is 4.99. The van der Waals surface area contributed by atoms with Gasteiger partial charge in [-0.25, -0.2) is 0 Å². The Morgan fingerprint density at radius 3 is 2.57 bits per heavy atom. The number of nitrogens with one attached hydrogen (secondary N) is 2. The van der Waals surface area contributed by atoms with Crippen molar-refractivity contribution in [3.8, 4) is 0 Å². The van der Waals surface area contributed by atoms with E-state index in [4.69, 9.17) is 4.74 Å². The first-order valence-electron chi connectivity index (χ1n) is 7.85. The van der Waals surface area contributed by atoms with Gasteiger partial charge in [-0.2, -0.15) is 0 Å². The second kappa shape index (κ2) is 9.73. The van der Waals surface area contributed by atoms with Gasteiger partial charge in [0.15, 0.2) is 0 Å². The number of carbonyl (C=O) groups is 2. The van der Waals surface area contributed by atoms with Crippen LogP contribution in [0.25, 0.3) is 0 Å². The predicted octanol–water partition coefficient (Wildman–Crippen LogP) is 0.376. The molecule has 0 spiro atoms. The molecule has 1 saturated heterocycles. The van der Waals surface area contributed by atoms with Crippen molar-refractivity contribution in [1.29, 1.82) is 0 Å².